The molecule has 1 nitrogen and oxygen atoms in total. The lowest BCUT2D eigenvalue weighted by molar-refractivity contribution is 0.618. The topological polar surface area (TPSA) is 12.0 Å². The minimum absolute atomic E-state index is 0.149. The third kappa shape index (κ3) is 2.84. The zero-order valence-corrected chi connectivity index (χ0v) is 12.8. The lowest BCUT2D eigenvalue weighted by Crippen LogP contribution is -2.11. The molecular formula is C18H22FN. The van der Waals surface area contributed by atoms with Crippen molar-refractivity contribution in [2.75, 3.05) is 5.32 Å². The van der Waals surface area contributed by atoms with Crippen molar-refractivity contribution >= 4 is 5.69 Å². The van der Waals surface area contributed by atoms with Gasteiger partial charge in [-0.1, -0.05) is 23.8 Å². The molecule has 0 saturated heterocycles. The van der Waals surface area contributed by atoms with Crippen LogP contribution < -0.4 is 5.32 Å². The van der Waals surface area contributed by atoms with Gasteiger partial charge in [-0.15, -0.1) is 0 Å². The first-order chi connectivity index (χ1) is 9.40. The minimum Gasteiger partial charge on any atom is -0.378 e. The smallest absolute Gasteiger partial charge is 0.128 e. The number of aryl methyl sites for hydroxylation is 3. The summed E-state index contributed by atoms with van der Waals surface area (Å²) in [6, 6.07) is 9.70. The molecule has 1 N–H and O–H groups in total. The second-order valence-electron chi connectivity index (χ2n) is 5.59. The molecule has 0 aromatic heterocycles. The molecule has 2 heteroatoms. The normalized spacial score (nSPS) is 12.3. The first kappa shape index (κ1) is 14.6. The fourth-order valence-electron chi connectivity index (χ4n) is 2.94. The van der Waals surface area contributed by atoms with E-state index in [-0.39, 0.29) is 11.9 Å². The van der Waals surface area contributed by atoms with Crippen molar-refractivity contribution in [3.8, 4) is 0 Å². The number of nitrogens with one attached hydrogen (secondary N) is 1. The number of anilines is 1. The second kappa shape index (κ2) is 5.66. The van der Waals surface area contributed by atoms with Crippen molar-refractivity contribution in [3.63, 3.8) is 0 Å². The average Bonchev–Trinajstić information content (AvgIpc) is 2.33. The summed E-state index contributed by atoms with van der Waals surface area (Å²) in [7, 11) is 0. The van der Waals surface area contributed by atoms with Crippen molar-refractivity contribution < 1.29 is 4.39 Å². The second-order valence-corrected chi connectivity index (χ2v) is 5.59. The molecule has 0 saturated carbocycles. The summed E-state index contributed by atoms with van der Waals surface area (Å²) in [4.78, 5) is 0. The highest BCUT2D eigenvalue weighted by Gasteiger charge is 2.13. The summed E-state index contributed by atoms with van der Waals surface area (Å²) >= 11 is 0. The van der Waals surface area contributed by atoms with Gasteiger partial charge in [0, 0.05) is 17.3 Å². The maximum absolute atomic E-state index is 13.6. The fraction of sp³-hybridized carbons (Fsp3) is 0.333. The minimum atomic E-state index is -0.167. The summed E-state index contributed by atoms with van der Waals surface area (Å²) in [5.41, 5.74) is 6.64. The molecule has 0 fully saturated rings. The zero-order chi connectivity index (χ0) is 14.9. The van der Waals surface area contributed by atoms with Crippen molar-refractivity contribution in [2.24, 2.45) is 0 Å². The van der Waals surface area contributed by atoms with E-state index < -0.39 is 0 Å². The molecule has 0 spiro atoms. The van der Waals surface area contributed by atoms with Gasteiger partial charge >= 0.3 is 0 Å². The summed E-state index contributed by atoms with van der Waals surface area (Å²) in [5, 5.41) is 3.43. The highest BCUT2D eigenvalue weighted by molar-refractivity contribution is 5.53. The molecule has 0 aliphatic heterocycles. The molecule has 0 heterocycles. The number of hydrogen-bond acceptors (Lipinski definition) is 1. The van der Waals surface area contributed by atoms with Gasteiger partial charge in [-0.25, -0.2) is 4.39 Å². The summed E-state index contributed by atoms with van der Waals surface area (Å²) < 4.78 is 13.6. The van der Waals surface area contributed by atoms with Crippen molar-refractivity contribution in [1.82, 2.24) is 0 Å². The number of hydrogen-bond donors (Lipinski definition) is 1. The van der Waals surface area contributed by atoms with E-state index in [1.165, 1.54) is 28.3 Å². The van der Waals surface area contributed by atoms with Gasteiger partial charge in [-0.05, 0) is 63.4 Å². The number of rotatable bonds is 3. The average molecular weight is 271 g/mol. The number of halogens is 1. The Balaban J connectivity index is 2.33. The maximum Gasteiger partial charge on any atom is 0.128 e. The Morgan fingerprint density at radius 2 is 1.60 bits per heavy atom. The van der Waals surface area contributed by atoms with Gasteiger partial charge < -0.3 is 5.32 Å². The Morgan fingerprint density at radius 1 is 1.00 bits per heavy atom. The van der Waals surface area contributed by atoms with E-state index in [4.69, 9.17) is 0 Å². The molecule has 0 aliphatic rings. The molecule has 0 aliphatic carbocycles. The fourth-order valence-corrected chi connectivity index (χ4v) is 2.94. The van der Waals surface area contributed by atoms with Crippen molar-refractivity contribution in [1.29, 1.82) is 0 Å². The summed E-state index contributed by atoms with van der Waals surface area (Å²) in [5.74, 6) is -0.167. The molecule has 2 aromatic carbocycles. The van der Waals surface area contributed by atoms with Crippen LogP contribution in [0, 0.1) is 33.5 Å². The highest BCUT2D eigenvalue weighted by Crippen LogP contribution is 2.28. The van der Waals surface area contributed by atoms with E-state index in [0.29, 0.717) is 5.56 Å². The van der Waals surface area contributed by atoms with Gasteiger partial charge in [0.05, 0.1) is 0 Å². The molecule has 0 bridgehead atoms. The Morgan fingerprint density at radius 3 is 2.20 bits per heavy atom. The van der Waals surface area contributed by atoms with Crippen LogP contribution in [0.15, 0.2) is 30.3 Å². The van der Waals surface area contributed by atoms with Gasteiger partial charge in [-0.2, -0.15) is 0 Å². The van der Waals surface area contributed by atoms with Gasteiger partial charge in [0.15, 0.2) is 0 Å². The molecule has 20 heavy (non-hydrogen) atoms. The van der Waals surface area contributed by atoms with E-state index in [1.807, 2.05) is 6.07 Å². The van der Waals surface area contributed by atoms with Crippen LogP contribution in [0.3, 0.4) is 0 Å². The first-order valence-electron chi connectivity index (χ1n) is 6.99. The molecule has 0 radical (unpaired) electrons. The molecule has 0 amide bonds. The predicted octanol–water partition coefficient (Wildman–Crippen LogP) is 5.23. The van der Waals surface area contributed by atoms with Crippen LogP contribution >= 0.6 is 0 Å². The van der Waals surface area contributed by atoms with Crippen LogP contribution in [-0.4, -0.2) is 0 Å². The largest absolute Gasteiger partial charge is 0.378 e. The Hall–Kier alpha value is -1.83. The van der Waals surface area contributed by atoms with Gasteiger partial charge in [0.1, 0.15) is 5.82 Å². The number of benzene rings is 2. The van der Waals surface area contributed by atoms with Crippen LogP contribution in [0.5, 0.6) is 0 Å². The van der Waals surface area contributed by atoms with Crippen LogP contribution in [0.2, 0.25) is 0 Å². The van der Waals surface area contributed by atoms with E-state index in [9.17, 15) is 4.39 Å². The van der Waals surface area contributed by atoms with Crippen LogP contribution in [0.4, 0.5) is 10.1 Å². The molecule has 2 aromatic rings. The standard InChI is InChI=1S/C18H22FN/c1-11-9-12(2)18(13(3)10-11)15(5)20-17-8-6-7-16(19)14(17)4/h6-10,15,20H,1-5H3. The van der Waals surface area contributed by atoms with Gasteiger partial charge in [0.2, 0.25) is 0 Å². The Kier molecular flexibility index (Phi) is 4.12. The Labute approximate surface area is 120 Å². The van der Waals surface area contributed by atoms with Crippen LogP contribution in [0.25, 0.3) is 0 Å². The monoisotopic (exact) mass is 271 g/mol. The van der Waals surface area contributed by atoms with E-state index in [2.05, 4.69) is 45.1 Å². The van der Waals surface area contributed by atoms with E-state index >= 15 is 0 Å². The quantitative estimate of drug-likeness (QED) is 0.805. The lowest BCUT2D eigenvalue weighted by atomic mass is 9.94. The summed E-state index contributed by atoms with van der Waals surface area (Å²) in [6.07, 6.45) is 0. The molecule has 1 atom stereocenters. The molecule has 106 valence electrons. The lowest BCUT2D eigenvalue weighted by Gasteiger charge is -2.22. The SMILES string of the molecule is Cc1cc(C)c(C(C)Nc2cccc(F)c2C)c(C)c1. The van der Waals surface area contributed by atoms with E-state index in [1.54, 1.807) is 13.0 Å². The maximum atomic E-state index is 13.6. The molecule has 2 rings (SSSR count). The molecular weight excluding hydrogens is 249 g/mol. The third-order valence-electron chi connectivity index (χ3n) is 3.81. The van der Waals surface area contributed by atoms with E-state index in [0.717, 1.165) is 5.69 Å². The Bertz CT molecular complexity index is 608. The van der Waals surface area contributed by atoms with Crippen molar-refractivity contribution in [3.05, 3.63) is 64.0 Å². The van der Waals surface area contributed by atoms with Gasteiger partial charge in [0.25, 0.3) is 0 Å². The zero-order valence-electron chi connectivity index (χ0n) is 12.8. The first-order valence-corrected chi connectivity index (χ1v) is 6.99. The highest BCUT2D eigenvalue weighted by atomic mass is 19.1. The van der Waals surface area contributed by atoms with Crippen LogP contribution in [-0.2, 0) is 0 Å². The van der Waals surface area contributed by atoms with Gasteiger partial charge in [-0.3, -0.25) is 0 Å². The molecule has 1 unspecified atom stereocenters. The summed E-state index contributed by atoms with van der Waals surface area (Å²) in [6.45, 7) is 10.3. The predicted molar refractivity (Wildman–Crippen MR) is 83.8 cm³/mol. The van der Waals surface area contributed by atoms with Crippen LogP contribution in [0.1, 0.15) is 40.8 Å². The third-order valence-corrected chi connectivity index (χ3v) is 3.81. The van der Waals surface area contributed by atoms with Crippen molar-refractivity contribution in [2.45, 2.75) is 40.7 Å².